The molecule has 0 aromatic rings. The van der Waals surface area contributed by atoms with Crippen molar-refractivity contribution in [2.45, 2.75) is 245 Å². The molecule has 0 N–H and O–H groups in total. The summed E-state index contributed by atoms with van der Waals surface area (Å²) in [5.41, 5.74) is 0. The SMILES string of the molecule is CC/C=C\C/C=C\C/C=C\C/C=C\CCCCCCCCC(=O)OCC(COC(=O)CCCCCCC)OC(=O)CCCCCCCCCCC/C=C\C/C=C\CCCCC. The van der Waals surface area contributed by atoms with Crippen LogP contribution in [0.2, 0.25) is 0 Å². The van der Waals surface area contributed by atoms with Gasteiger partial charge in [0.25, 0.3) is 0 Å². The number of esters is 3. The lowest BCUT2D eigenvalue weighted by atomic mass is 10.1. The van der Waals surface area contributed by atoms with Crippen LogP contribution < -0.4 is 0 Å². The van der Waals surface area contributed by atoms with Crippen molar-refractivity contribution in [2.24, 2.45) is 0 Å². The molecule has 0 saturated carbocycles. The minimum Gasteiger partial charge on any atom is -0.462 e. The minimum absolute atomic E-state index is 0.0828. The van der Waals surface area contributed by atoms with Crippen molar-refractivity contribution < 1.29 is 28.6 Å². The normalized spacial score (nSPS) is 12.6. The highest BCUT2D eigenvalue weighted by atomic mass is 16.6. The van der Waals surface area contributed by atoms with E-state index in [2.05, 4.69) is 93.7 Å². The van der Waals surface area contributed by atoms with E-state index < -0.39 is 6.10 Å². The van der Waals surface area contributed by atoms with Gasteiger partial charge in [-0.2, -0.15) is 0 Å². The van der Waals surface area contributed by atoms with Gasteiger partial charge >= 0.3 is 17.9 Å². The van der Waals surface area contributed by atoms with E-state index in [1.165, 1.54) is 96.3 Å². The van der Waals surface area contributed by atoms with Crippen LogP contribution in [0, 0.1) is 0 Å². The lowest BCUT2D eigenvalue weighted by molar-refractivity contribution is -0.167. The Bertz CT molecular complexity index is 1160. The smallest absolute Gasteiger partial charge is 0.306 e. The zero-order valence-corrected chi connectivity index (χ0v) is 39.9. The zero-order valence-electron chi connectivity index (χ0n) is 39.9. The van der Waals surface area contributed by atoms with Gasteiger partial charge in [-0.25, -0.2) is 0 Å². The fourth-order valence-corrected chi connectivity index (χ4v) is 6.87. The average Bonchev–Trinajstić information content (AvgIpc) is 3.26. The van der Waals surface area contributed by atoms with Crippen LogP contribution in [0.15, 0.2) is 72.9 Å². The standard InChI is InChI=1S/C55H94O6/c1-4-7-10-13-15-17-19-21-23-25-27-29-31-33-35-37-39-42-45-48-54(57)60-51-52(50-59-53(56)47-44-41-12-9-6-3)61-55(58)49-46-43-40-38-36-34-32-30-28-26-24-22-20-18-16-14-11-8-5-2/h7,10,15-18,21-24,27,29,52H,4-6,8-9,11-14,19-20,25-26,28,30-51H2,1-3H3/b10-7-,17-15-,18-16-,23-21-,24-22-,29-27-. The molecule has 0 fully saturated rings. The van der Waals surface area contributed by atoms with E-state index in [4.69, 9.17) is 14.2 Å². The fourth-order valence-electron chi connectivity index (χ4n) is 6.87. The topological polar surface area (TPSA) is 78.9 Å². The minimum atomic E-state index is -0.779. The third kappa shape index (κ3) is 47.7. The van der Waals surface area contributed by atoms with Gasteiger partial charge in [0.1, 0.15) is 13.2 Å². The Labute approximate surface area is 376 Å². The molecule has 0 aromatic heterocycles. The molecule has 0 amide bonds. The molecule has 0 heterocycles. The van der Waals surface area contributed by atoms with Crippen molar-refractivity contribution in [3.8, 4) is 0 Å². The van der Waals surface area contributed by atoms with Gasteiger partial charge in [-0.1, -0.05) is 203 Å². The van der Waals surface area contributed by atoms with Crippen molar-refractivity contribution in [3.05, 3.63) is 72.9 Å². The summed E-state index contributed by atoms with van der Waals surface area (Å²) in [6, 6.07) is 0. The maximum atomic E-state index is 12.7. The Kier molecular flexibility index (Phi) is 46.9. The highest BCUT2D eigenvalue weighted by Crippen LogP contribution is 2.14. The molecule has 0 rings (SSSR count). The Hall–Kier alpha value is -3.15. The molecule has 0 spiro atoms. The van der Waals surface area contributed by atoms with Gasteiger partial charge in [0, 0.05) is 19.3 Å². The molecule has 0 aromatic carbocycles. The van der Waals surface area contributed by atoms with Gasteiger partial charge in [0.15, 0.2) is 6.10 Å². The third-order valence-electron chi connectivity index (χ3n) is 10.7. The largest absolute Gasteiger partial charge is 0.462 e. The molecule has 0 aliphatic rings. The number of carbonyl (C=O) groups is 3. The molecule has 0 radical (unpaired) electrons. The van der Waals surface area contributed by atoms with E-state index in [0.717, 1.165) is 103 Å². The summed E-state index contributed by atoms with van der Waals surface area (Å²) in [5.74, 6) is -0.915. The predicted molar refractivity (Wildman–Crippen MR) is 261 cm³/mol. The molecule has 6 nitrogen and oxygen atoms in total. The first-order valence-corrected chi connectivity index (χ1v) is 25.4. The van der Waals surface area contributed by atoms with E-state index in [9.17, 15) is 14.4 Å². The Morgan fingerprint density at radius 3 is 1.03 bits per heavy atom. The quantitative estimate of drug-likeness (QED) is 0.0263. The monoisotopic (exact) mass is 851 g/mol. The second-order valence-electron chi connectivity index (χ2n) is 16.7. The Morgan fingerprint density at radius 1 is 0.344 bits per heavy atom. The average molecular weight is 851 g/mol. The van der Waals surface area contributed by atoms with Crippen LogP contribution in [0.3, 0.4) is 0 Å². The summed E-state index contributed by atoms with van der Waals surface area (Å²) in [4.78, 5) is 37.7. The predicted octanol–water partition coefficient (Wildman–Crippen LogP) is 16.6. The van der Waals surface area contributed by atoms with Gasteiger partial charge in [0.05, 0.1) is 0 Å². The van der Waals surface area contributed by atoms with Crippen LogP contribution in [-0.4, -0.2) is 37.2 Å². The highest BCUT2D eigenvalue weighted by molar-refractivity contribution is 5.71. The third-order valence-corrected chi connectivity index (χ3v) is 10.7. The molecule has 1 unspecified atom stereocenters. The van der Waals surface area contributed by atoms with E-state index in [0.29, 0.717) is 19.3 Å². The summed E-state index contributed by atoms with van der Waals surface area (Å²) < 4.78 is 16.7. The van der Waals surface area contributed by atoms with Gasteiger partial charge in [0.2, 0.25) is 0 Å². The fraction of sp³-hybridized carbons (Fsp3) is 0.727. The van der Waals surface area contributed by atoms with Gasteiger partial charge in [-0.05, 0) is 89.9 Å². The summed E-state index contributed by atoms with van der Waals surface area (Å²) >= 11 is 0. The van der Waals surface area contributed by atoms with E-state index in [1.54, 1.807) is 0 Å². The number of ether oxygens (including phenoxy) is 3. The van der Waals surface area contributed by atoms with Crippen LogP contribution in [0.5, 0.6) is 0 Å². The van der Waals surface area contributed by atoms with Crippen molar-refractivity contribution in [2.75, 3.05) is 13.2 Å². The maximum Gasteiger partial charge on any atom is 0.306 e. The first kappa shape index (κ1) is 57.9. The molecule has 1 atom stereocenters. The van der Waals surface area contributed by atoms with Crippen LogP contribution in [0.25, 0.3) is 0 Å². The summed E-state index contributed by atoms with van der Waals surface area (Å²) in [6.07, 6.45) is 62.0. The summed E-state index contributed by atoms with van der Waals surface area (Å²) in [5, 5.41) is 0. The lowest BCUT2D eigenvalue weighted by Gasteiger charge is -2.18. The second kappa shape index (κ2) is 49.5. The zero-order chi connectivity index (χ0) is 44.4. The van der Waals surface area contributed by atoms with Crippen LogP contribution in [-0.2, 0) is 28.6 Å². The van der Waals surface area contributed by atoms with Crippen molar-refractivity contribution in [1.82, 2.24) is 0 Å². The van der Waals surface area contributed by atoms with E-state index in [1.807, 2.05) is 0 Å². The first-order valence-electron chi connectivity index (χ1n) is 25.4. The first-order chi connectivity index (χ1) is 30.0. The van der Waals surface area contributed by atoms with Gasteiger partial charge in [-0.3, -0.25) is 14.4 Å². The van der Waals surface area contributed by atoms with Crippen molar-refractivity contribution >= 4 is 17.9 Å². The molecular formula is C55H94O6. The molecule has 0 aliphatic heterocycles. The molecule has 6 heteroatoms. The lowest BCUT2D eigenvalue weighted by Crippen LogP contribution is -2.30. The molecule has 61 heavy (non-hydrogen) atoms. The number of hydrogen-bond acceptors (Lipinski definition) is 6. The molecule has 350 valence electrons. The van der Waals surface area contributed by atoms with Gasteiger partial charge in [-0.15, -0.1) is 0 Å². The number of carbonyl (C=O) groups excluding carboxylic acids is 3. The van der Waals surface area contributed by atoms with Crippen LogP contribution in [0.1, 0.15) is 239 Å². The van der Waals surface area contributed by atoms with Crippen molar-refractivity contribution in [3.63, 3.8) is 0 Å². The van der Waals surface area contributed by atoms with E-state index >= 15 is 0 Å². The van der Waals surface area contributed by atoms with Crippen LogP contribution >= 0.6 is 0 Å². The maximum absolute atomic E-state index is 12.7. The number of unbranched alkanes of at least 4 members (excludes halogenated alkanes) is 22. The number of rotatable bonds is 45. The molecular weight excluding hydrogens is 757 g/mol. The summed E-state index contributed by atoms with van der Waals surface area (Å²) in [7, 11) is 0. The number of allylic oxidation sites excluding steroid dienone is 12. The molecule has 0 bridgehead atoms. The highest BCUT2D eigenvalue weighted by Gasteiger charge is 2.19. The van der Waals surface area contributed by atoms with Crippen molar-refractivity contribution in [1.29, 1.82) is 0 Å². The molecule has 0 saturated heterocycles. The Morgan fingerprint density at radius 2 is 0.639 bits per heavy atom. The van der Waals surface area contributed by atoms with E-state index in [-0.39, 0.29) is 31.1 Å². The second-order valence-corrected chi connectivity index (χ2v) is 16.7. The van der Waals surface area contributed by atoms with Gasteiger partial charge < -0.3 is 14.2 Å². The van der Waals surface area contributed by atoms with Crippen LogP contribution in [0.4, 0.5) is 0 Å². The Balaban J connectivity index is 4.20. The summed E-state index contributed by atoms with van der Waals surface area (Å²) in [6.45, 7) is 6.40. The number of hydrogen-bond donors (Lipinski definition) is 0. The molecule has 0 aliphatic carbocycles.